The predicted octanol–water partition coefficient (Wildman–Crippen LogP) is 3.09. The highest BCUT2D eigenvalue weighted by Gasteiger charge is 2.18. The first-order valence-corrected chi connectivity index (χ1v) is 7.76. The summed E-state index contributed by atoms with van der Waals surface area (Å²) in [6, 6.07) is 8.64. The van der Waals surface area contributed by atoms with Gasteiger partial charge in [-0.1, -0.05) is 36.8 Å². The standard InChI is InChI=1S/C17H27NO2/c1-3-18-12-17(16-6-4-5-14(2)11-16)20-13-15-7-9-19-10-8-15/h4-6,11,15,17-18H,3,7-10,12-13H2,1-2H3. The number of hydrogen-bond acceptors (Lipinski definition) is 3. The van der Waals surface area contributed by atoms with E-state index in [4.69, 9.17) is 9.47 Å². The van der Waals surface area contributed by atoms with E-state index in [9.17, 15) is 0 Å². The van der Waals surface area contributed by atoms with Gasteiger partial charge >= 0.3 is 0 Å². The molecule has 1 atom stereocenters. The molecule has 1 saturated heterocycles. The summed E-state index contributed by atoms with van der Waals surface area (Å²) in [5.74, 6) is 0.651. The van der Waals surface area contributed by atoms with E-state index < -0.39 is 0 Å². The highest BCUT2D eigenvalue weighted by molar-refractivity contribution is 5.24. The fourth-order valence-corrected chi connectivity index (χ4v) is 2.58. The molecule has 0 aliphatic carbocycles. The van der Waals surface area contributed by atoms with Crippen LogP contribution in [-0.4, -0.2) is 32.9 Å². The second-order valence-electron chi connectivity index (χ2n) is 5.60. The Labute approximate surface area is 122 Å². The van der Waals surface area contributed by atoms with E-state index in [-0.39, 0.29) is 6.10 Å². The molecule has 3 nitrogen and oxygen atoms in total. The maximum absolute atomic E-state index is 6.21. The van der Waals surface area contributed by atoms with Crippen LogP contribution in [0.15, 0.2) is 24.3 Å². The lowest BCUT2D eigenvalue weighted by Gasteiger charge is -2.25. The van der Waals surface area contributed by atoms with Crippen LogP contribution >= 0.6 is 0 Å². The van der Waals surface area contributed by atoms with Gasteiger partial charge in [0.25, 0.3) is 0 Å². The van der Waals surface area contributed by atoms with Gasteiger partial charge in [-0.2, -0.15) is 0 Å². The number of ether oxygens (including phenoxy) is 2. The first-order chi connectivity index (χ1) is 9.79. The first kappa shape index (κ1) is 15.5. The largest absolute Gasteiger partial charge is 0.381 e. The van der Waals surface area contributed by atoms with Crippen LogP contribution in [0.3, 0.4) is 0 Å². The number of nitrogens with one attached hydrogen (secondary N) is 1. The summed E-state index contributed by atoms with van der Waals surface area (Å²) in [6.07, 6.45) is 2.40. The van der Waals surface area contributed by atoms with E-state index >= 15 is 0 Å². The quantitative estimate of drug-likeness (QED) is 0.831. The van der Waals surface area contributed by atoms with Crippen molar-refractivity contribution in [1.82, 2.24) is 5.32 Å². The molecule has 1 heterocycles. The lowest BCUT2D eigenvalue weighted by molar-refractivity contribution is -0.0112. The van der Waals surface area contributed by atoms with Crippen LogP contribution in [0.2, 0.25) is 0 Å². The molecule has 1 fully saturated rings. The lowest BCUT2D eigenvalue weighted by atomic mass is 10.0. The van der Waals surface area contributed by atoms with Gasteiger partial charge in [-0.05, 0) is 37.8 Å². The van der Waals surface area contributed by atoms with E-state index in [0.717, 1.165) is 45.8 Å². The third kappa shape index (κ3) is 4.89. The normalized spacial score (nSPS) is 18.1. The Balaban J connectivity index is 1.92. The number of hydrogen-bond donors (Lipinski definition) is 1. The molecular weight excluding hydrogens is 250 g/mol. The second-order valence-corrected chi connectivity index (χ2v) is 5.60. The molecule has 112 valence electrons. The molecule has 1 aromatic carbocycles. The Morgan fingerprint density at radius 3 is 2.85 bits per heavy atom. The van der Waals surface area contributed by atoms with Crippen LogP contribution in [0, 0.1) is 12.8 Å². The van der Waals surface area contributed by atoms with Gasteiger partial charge in [0.05, 0.1) is 12.7 Å². The molecule has 20 heavy (non-hydrogen) atoms. The Morgan fingerprint density at radius 1 is 1.35 bits per heavy atom. The maximum atomic E-state index is 6.21. The second kappa shape index (κ2) is 8.40. The average Bonchev–Trinajstić information content (AvgIpc) is 2.48. The Bertz CT molecular complexity index is 388. The van der Waals surface area contributed by atoms with Crippen molar-refractivity contribution in [3.8, 4) is 0 Å². The van der Waals surface area contributed by atoms with E-state index in [1.165, 1.54) is 11.1 Å². The van der Waals surface area contributed by atoms with Crippen LogP contribution in [-0.2, 0) is 9.47 Å². The SMILES string of the molecule is CCNCC(OCC1CCOCC1)c1cccc(C)c1. The van der Waals surface area contributed by atoms with E-state index in [1.54, 1.807) is 0 Å². The van der Waals surface area contributed by atoms with Crippen LogP contribution in [0.1, 0.15) is 37.0 Å². The zero-order chi connectivity index (χ0) is 14.2. The average molecular weight is 277 g/mol. The molecule has 1 aromatic rings. The van der Waals surface area contributed by atoms with E-state index in [1.807, 2.05) is 0 Å². The third-order valence-electron chi connectivity index (χ3n) is 3.87. The molecule has 1 N–H and O–H groups in total. The molecule has 0 spiro atoms. The number of rotatable bonds is 7. The van der Waals surface area contributed by atoms with Crippen LogP contribution in [0.4, 0.5) is 0 Å². The van der Waals surface area contributed by atoms with Crippen molar-refractivity contribution in [2.45, 2.75) is 32.8 Å². The third-order valence-corrected chi connectivity index (χ3v) is 3.87. The molecule has 1 aliphatic heterocycles. The van der Waals surface area contributed by atoms with Gasteiger partial charge in [0, 0.05) is 19.8 Å². The van der Waals surface area contributed by atoms with Crippen molar-refractivity contribution >= 4 is 0 Å². The molecule has 0 aromatic heterocycles. The summed E-state index contributed by atoms with van der Waals surface area (Å²) in [5, 5.41) is 3.40. The van der Waals surface area contributed by atoms with Crippen LogP contribution < -0.4 is 5.32 Å². The zero-order valence-electron chi connectivity index (χ0n) is 12.7. The Morgan fingerprint density at radius 2 is 2.15 bits per heavy atom. The van der Waals surface area contributed by atoms with Gasteiger partial charge in [-0.15, -0.1) is 0 Å². The first-order valence-electron chi connectivity index (χ1n) is 7.76. The molecule has 1 unspecified atom stereocenters. The molecule has 3 heteroatoms. The highest BCUT2D eigenvalue weighted by Crippen LogP contribution is 2.22. The van der Waals surface area contributed by atoms with Crippen molar-refractivity contribution in [3.05, 3.63) is 35.4 Å². The van der Waals surface area contributed by atoms with Gasteiger partial charge in [0.2, 0.25) is 0 Å². The predicted molar refractivity (Wildman–Crippen MR) is 82.0 cm³/mol. The fraction of sp³-hybridized carbons (Fsp3) is 0.647. The molecule has 2 rings (SSSR count). The van der Waals surface area contributed by atoms with E-state index in [0.29, 0.717) is 5.92 Å². The number of likely N-dealkylation sites (N-methyl/N-ethyl adjacent to an activating group) is 1. The number of benzene rings is 1. The zero-order valence-corrected chi connectivity index (χ0v) is 12.7. The van der Waals surface area contributed by atoms with Gasteiger partial charge in [-0.25, -0.2) is 0 Å². The topological polar surface area (TPSA) is 30.5 Å². The molecule has 0 amide bonds. The van der Waals surface area contributed by atoms with Crippen molar-refractivity contribution < 1.29 is 9.47 Å². The Kier molecular flexibility index (Phi) is 6.51. The molecule has 0 saturated carbocycles. The van der Waals surface area contributed by atoms with Gasteiger partial charge in [0.15, 0.2) is 0 Å². The molecule has 0 radical (unpaired) electrons. The minimum Gasteiger partial charge on any atom is -0.381 e. The van der Waals surface area contributed by atoms with Crippen LogP contribution in [0.25, 0.3) is 0 Å². The van der Waals surface area contributed by atoms with Crippen LogP contribution in [0.5, 0.6) is 0 Å². The lowest BCUT2D eigenvalue weighted by Crippen LogP contribution is -2.26. The molecule has 0 bridgehead atoms. The minimum absolute atomic E-state index is 0.151. The molecule has 1 aliphatic rings. The fourth-order valence-electron chi connectivity index (χ4n) is 2.58. The summed E-state index contributed by atoms with van der Waals surface area (Å²) in [7, 11) is 0. The summed E-state index contributed by atoms with van der Waals surface area (Å²) < 4.78 is 11.6. The summed E-state index contributed by atoms with van der Waals surface area (Å²) in [5.41, 5.74) is 2.57. The van der Waals surface area contributed by atoms with E-state index in [2.05, 4.69) is 43.4 Å². The van der Waals surface area contributed by atoms with Gasteiger partial charge in [0.1, 0.15) is 0 Å². The van der Waals surface area contributed by atoms with Crippen molar-refractivity contribution in [1.29, 1.82) is 0 Å². The van der Waals surface area contributed by atoms with Crippen molar-refractivity contribution in [2.24, 2.45) is 5.92 Å². The summed E-state index contributed by atoms with van der Waals surface area (Å²) in [6.45, 7) is 8.73. The summed E-state index contributed by atoms with van der Waals surface area (Å²) in [4.78, 5) is 0. The van der Waals surface area contributed by atoms with Crippen molar-refractivity contribution in [2.75, 3.05) is 32.9 Å². The maximum Gasteiger partial charge on any atom is 0.0949 e. The Hall–Kier alpha value is -0.900. The van der Waals surface area contributed by atoms with Crippen molar-refractivity contribution in [3.63, 3.8) is 0 Å². The molecular formula is C17H27NO2. The minimum atomic E-state index is 0.151. The smallest absolute Gasteiger partial charge is 0.0949 e. The van der Waals surface area contributed by atoms with Gasteiger partial charge < -0.3 is 14.8 Å². The van der Waals surface area contributed by atoms with Gasteiger partial charge in [-0.3, -0.25) is 0 Å². The summed E-state index contributed by atoms with van der Waals surface area (Å²) >= 11 is 0. The monoisotopic (exact) mass is 277 g/mol. The number of aryl methyl sites for hydroxylation is 1. The highest BCUT2D eigenvalue weighted by atomic mass is 16.5.